The zero-order chi connectivity index (χ0) is 18.6. The number of amides is 2. The van der Waals surface area contributed by atoms with Gasteiger partial charge in [0, 0.05) is 17.0 Å². The second-order valence-electron chi connectivity index (χ2n) is 6.96. The largest absolute Gasteiger partial charge is 0.351 e. The van der Waals surface area contributed by atoms with E-state index < -0.39 is 5.41 Å². The third-order valence-electron chi connectivity index (χ3n) is 3.65. The molecule has 0 fully saturated rings. The van der Waals surface area contributed by atoms with Gasteiger partial charge in [-0.3, -0.25) is 9.59 Å². The Hall–Kier alpha value is -1.85. The van der Waals surface area contributed by atoms with Crippen molar-refractivity contribution in [3.05, 3.63) is 51.4 Å². The molecule has 1 heterocycles. The van der Waals surface area contributed by atoms with Crippen molar-refractivity contribution in [3.8, 4) is 0 Å². The Kier molecular flexibility index (Phi) is 6.25. The van der Waals surface area contributed by atoms with E-state index in [2.05, 4.69) is 10.6 Å². The molecule has 6 heteroatoms. The maximum atomic E-state index is 12.4. The number of hydrogen-bond acceptors (Lipinski definition) is 3. The Bertz CT molecular complexity index is 761. The Morgan fingerprint density at radius 3 is 2.40 bits per heavy atom. The van der Waals surface area contributed by atoms with E-state index in [-0.39, 0.29) is 11.8 Å². The molecule has 2 amide bonds. The summed E-state index contributed by atoms with van der Waals surface area (Å²) in [5, 5.41) is 7.19. The van der Waals surface area contributed by atoms with Gasteiger partial charge in [-0.15, -0.1) is 11.3 Å². The zero-order valence-electron chi connectivity index (χ0n) is 14.9. The summed E-state index contributed by atoms with van der Waals surface area (Å²) in [7, 11) is 0. The van der Waals surface area contributed by atoms with E-state index in [1.54, 1.807) is 0 Å². The fraction of sp³-hybridized carbons (Fsp3) is 0.368. The molecule has 0 saturated carbocycles. The first kappa shape index (κ1) is 19.5. The lowest BCUT2D eigenvalue weighted by Crippen LogP contribution is -2.27. The number of anilines is 1. The van der Waals surface area contributed by atoms with Gasteiger partial charge in [0.15, 0.2) is 0 Å². The van der Waals surface area contributed by atoms with Crippen LogP contribution in [0.3, 0.4) is 0 Å². The smallest absolute Gasteiger partial charge is 0.261 e. The standard InChI is InChI=1S/C19H23ClN2O2S/c1-12-11-15(22-18(24)19(2,3)4)25-16(12)17(23)21-10-9-13-5-7-14(20)8-6-13/h5-8,11H,9-10H2,1-4H3,(H,21,23)(H,22,24). The normalized spacial score (nSPS) is 11.2. The summed E-state index contributed by atoms with van der Waals surface area (Å²) in [6.07, 6.45) is 0.737. The van der Waals surface area contributed by atoms with Crippen molar-refractivity contribution in [3.63, 3.8) is 0 Å². The number of aryl methyl sites for hydroxylation is 1. The van der Waals surface area contributed by atoms with Gasteiger partial charge in [0.25, 0.3) is 5.91 Å². The van der Waals surface area contributed by atoms with Crippen LogP contribution in [0.4, 0.5) is 5.00 Å². The lowest BCUT2D eigenvalue weighted by Gasteiger charge is -2.16. The van der Waals surface area contributed by atoms with Gasteiger partial charge in [-0.1, -0.05) is 44.5 Å². The Morgan fingerprint density at radius 2 is 1.80 bits per heavy atom. The van der Waals surface area contributed by atoms with Crippen molar-refractivity contribution in [1.82, 2.24) is 5.32 Å². The van der Waals surface area contributed by atoms with Crippen molar-refractivity contribution in [2.45, 2.75) is 34.1 Å². The molecule has 25 heavy (non-hydrogen) atoms. The van der Waals surface area contributed by atoms with E-state index in [1.165, 1.54) is 11.3 Å². The number of rotatable bonds is 5. The molecule has 0 unspecified atom stereocenters. The molecule has 0 aliphatic carbocycles. The summed E-state index contributed by atoms with van der Waals surface area (Å²) in [6, 6.07) is 9.41. The number of hydrogen-bond donors (Lipinski definition) is 2. The van der Waals surface area contributed by atoms with Crippen LogP contribution in [0, 0.1) is 12.3 Å². The minimum atomic E-state index is -0.473. The Morgan fingerprint density at radius 1 is 1.16 bits per heavy atom. The van der Waals surface area contributed by atoms with Crippen molar-refractivity contribution in [2.24, 2.45) is 5.41 Å². The van der Waals surface area contributed by atoms with Crippen LogP contribution >= 0.6 is 22.9 Å². The van der Waals surface area contributed by atoms with E-state index in [1.807, 2.05) is 58.0 Å². The molecule has 1 aromatic heterocycles. The topological polar surface area (TPSA) is 58.2 Å². The van der Waals surface area contributed by atoms with Gasteiger partial charge >= 0.3 is 0 Å². The highest BCUT2D eigenvalue weighted by molar-refractivity contribution is 7.18. The van der Waals surface area contributed by atoms with E-state index in [0.29, 0.717) is 21.4 Å². The first-order valence-corrected chi connectivity index (χ1v) is 9.31. The molecule has 2 N–H and O–H groups in total. The number of thiophene rings is 1. The van der Waals surface area contributed by atoms with Crippen molar-refractivity contribution in [1.29, 1.82) is 0 Å². The fourth-order valence-electron chi connectivity index (χ4n) is 2.12. The minimum absolute atomic E-state index is 0.0663. The van der Waals surface area contributed by atoms with Crippen LogP contribution in [-0.2, 0) is 11.2 Å². The quantitative estimate of drug-likeness (QED) is 0.794. The second kappa shape index (κ2) is 8.02. The molecule has 0 saturated heterocycles. The van der Waals surface area contributed by atoms with E-state index in [0.717, 1.165) is 17.5 Å². The van der Waals surface area contributed by atoms with Crippen LogP contribution in [0.1, 0.15) is 41.6 Å². The molecule has 0 radical (unpaired) electrons. The van der Waals surface area contributed by atoms with Crippen LogP contribution in [0.2, 0.25) is 5.02 Å². The number of nitrogens with one attached hydrogen (secondary N) is 2. The van der Waals surface area contributed by atoms with E-state index in [9.17, 15) is 9.59 Å². The molecule has 0 spiro atoms. The highest BCUT2D eigenvalue weighted by Gasteiger charge is 2.23. The average molecular weight is 379 g/mol. The Labute approximate surface area is 157 Å². The van der Waals surface area contributed by atoms with Gasteiger partial charge in [-0.05, 0) is 42.7 Å². The maximum absolute atomic E-state index is 12.4. The summed E-state index contributed by atoms with van der Waals surface area (Å²) in [5.74, 6) is -0.184. The van der Waals surface area contributed by atoms with Crippen LogP contribution in [0.25, 0.3) is 0 Å². The number of carbonyl (C=O) groups excluding carboxylic acids is 2. The van der Waals surface area contributed by atoms with Crippen LogP contribution in [-0.4, -0.2) is 18.4 Å². The summed E-state index contributed by atoms with van der Waals surface area (Å²) in [4.78, 5) is 25.1. The van der Waals surface area contributed by atoms with Gasteiger partial charge in [0.05, 0.1) is 9.88 Å². The van der Waals surface area contributed by atoms with Gasteiger partial charge in [-0.25, -0.2) is 0 Å². The summed E-state index contributed by atoms with van der Waals surface area (Å²) in [5.41, 5.74) is 1.50. The van der Waals surface area contributed by atoms with Crippen molar-refractivity contribution in [2.75, 3.05) is 11.9 Å². The Balaban J connectivity index is 1.93. The SMILES string of the molecule is Cc1cc(NC(=O)C(C)(C)C)sc1C(=O)NCCc1ccc(Cl)cc1. The summed E-state index contributed by atoms with van der Waals surface area (Å²) in [6.45, 7) is 7.98. The predicted octanol–water partition coefficient (Wildman–Crippen LogP) is 4.67. The molecule has 0 aliphatic rings. The van der Waals surface area contributed by atoms with Crippen LogP contribution < -0.4 is 10.6 Å². The average Bonchev–Trinajstić information content (AvgIpc) is 2.89. The van der Waals surface area contributed by atoms with Gasteiger partial charge in [0.2, 0.25) is 5.91 Å². The molecular weight excluding hydrogens is 356 g/mol. The lowest BCUT2D eigenvalue weighted by molar-refractivity contribution is -0.123. The monoisotopic (exact) mass is 378 g/mol. The molecule has 0 bridgehead atoms. The molecule has 0 aliphatic heterocycles. The zero-order valence-corrected chi connectivity index (χ0v) is 16.5. The summed E-state index contributed by atoms with van der Waals surface area (Å²) >= 11 is 7.16. The number of carbonyl (C=O) groups is 2. The first-order chi connectivity index (χ1) is 11.7. The fourth-order valence-corrected chi connectivity index (χ4v) is 3.23. The van der Waals surface area contributed by atoms with Gasteiger partial charge < -0.3 is 10.6 Å². The molecule has 2 rings (SSSR count). The predicted molar refractivity (Wildman–Crippen MR) is 105 cm³/mol. The van der Waals surface area contributed by atoms with Crippen LogP contribution in [0.5, 0.6) is 0 Å². The summed E-state index contributed by atoms with van der Waals surface area (Å²) < 4.78 is 0. The molecule has 0 atom stereocenters. The number of benzene rings is 1. The van der Waals surface area contributed by atoms with Crippen molar-refractivity contribution >= 4 is 39.8 Å². The highest BCUT2D eigenvalue weighted by Crippen LogP contribution is 2.28. The van der Waals surface area contributed by atoms with Gasteiger partial charge in [0.1, 0.15) is 0 Å². The molecule has 4 nitrogen and oxygen atoms in total. The lowest BCUT2D eigenvalue weighted by atomic mass is 9.96. The van der Waals surface area contributed by atoms with E-state index in [4.69, 9.17) is 11.6 Å². The van der Waals surface area contributed by atoms with Gasteiger partial charge in [-0.2, -0.15) is 0 Å². The second-order valence-corrected chi connectivity index (χ2v) is 8.45. The van der Waals surface area contributed by atoms with E-state index >= 15 is 0 Å². The first-order valence-electron chi connectivity index (χ1n) is 8.11. The highest BCUT2D eigenvalue weighted by atomic mass is 35.5. The molecular formula is C19H23ClN2O2S. The van der Waals surface area contributed by atoms with Crippen molar-refractivity contribution < 1.29 is 9.59 Å². The van der Waals surface area contributed by atoms with Crippen LogP contribution in [0.15, 0.2) is 30.3 Å². The third-order valence-corrected chi connectivity index (χ3v) is 5.06. The molecule has 1 aromatic carbocycles. The maximum Gasteiger partial charge on any atom is 0.261 e. The third kappa shape index (κ3) is 5.58. The minimum Gasteiger partial charge on any atom is -0.351 e. The molecule has 134 valence electrons. The molecule has 2 aromatic rings. The number of halogens is 1.